The number of likely N-dealkylation sites (tertiary alicyclic amines) is 1. The van der Waals surface area contributed by atoms with Crippen molar-refractivity contribution in [1.29, 1.82) is 0 Å². The Morgan fingerprint density at radius 2 is 1.97 bits per heavy atom. The second kappa shape index (κ2) is 8.41. The summed E-state index contributed by atoms with van der Waals surface area (Å²) < 4.78 is 32.9. The standard InChI is InChI=1S/C22H23N3O4S/c1-2-12-23-30(27,28)18-7-5-6-17(15-18)22(26)25-13-10-16(11-14-25)21-24-19-8-3-4-9-20(19)29-21/h2-9,15-16,23H,1,10-14H2. The van der Waals surface area contributed by atoms with Crippen LogP contribution >= 0.6 is 0 Å². The molecule has 4 rings (SSSR count). The van der Waals surface area contributed by atoms with E-state index >= 15 is 0 Å². The van der Waals surface area contributed by atoms with E-state index in [0.29, 0.717) is 24.5 Å². The van der Waals surface area contributed by atoms with Crippen molar-refractivity contribution in [3.05, 3.63) is 72.6 Å². The van der Waals surface area contributed by atoms with E-state index in [1.54, 1.807) is 17.0 Å². The number of fused-ring (bicyclic) bond motifs is 1. The van der Waals surface area contributed by atoms with Gasteiger partial charge >= 0.3 is 0 Å². The molecule has 1 N–H and O–H groups in total. The molecule has 0 radical (unpaired) electrons. The van der Waals surface area contributed by atoms with Gasteiger partial charge in [0.25, 0.3) is 5.91 Å². The summed E-state index contributed by atoms with van der Waals surface area (Å²) in [7, 11) is -3.68. The van der Waals surface area contributed by atoms with Crippen molar-refractivity contribution in [3.8, 4) is 0 Å². The second-order valence-electron chi connectivity index (χ2n) is 7.25. The Bertz CT molecular complexity index is 1140. The highest BCUT2D eigenvalue weighted by Gasteiger charge is 2.28. The van der Waals surface area contributed by atoms with Crippen molar-refractivity contribution in [2.24, 2.45) is 0 Å². The lowest BCUT2D eigenvalue weighted by atomic mass is 9.96. The Balaban J connectivity index is 1.44. The highest BCUT2D eigenvalue weighted by Crippen LogP contribution is 2.30. The van der Waals surface area contributed by atoms with Gasteiger partial charge in [-0.25, -0.2) is 18.1 Å². The van der Waals surface area contributed by atoms with Crippen LogP contribution in [0.1, 0.15) is 35.0 Å². The summed E-state index contributed by atoms with van der Waals surface area (Å²) in [6, 6.07) is 13.8. The minimum absolute atomic E-state index is 0.0663. The van der Waals surface area contributed by atoms with Crippen molar-refractivity contribution in [2.45, 2.75) is 23.7 Å². The molecule has 1 aliphatic rings. The van der Waals surface area contributed by atoms with Gasteiger partial charge in [-0.2, -0.15) is 0 Å². The molecule has 7 nitrogen and oxygen atoms in total. The van der Waals surface area contributed by atoms with Crippen molar-refractivity contribution < 1.29 is 17.6 Å². The Morgan fingerprint density at radius 1 is 1.20 bits per heavy atom. The number of piperidine rings is 1. The molecule has 1 amide bonds. The number of rotatable bonds is 6. The Labute approximate surface area is 175 Å². The number of para-hydroxylation sites is 2. The van der Waals surface area contributed by atoms with Gasteiger partial charge in [0.15, 0.2) is 11.5 Å². The third kappa shape index (κ3) is 4.15. The molecule has 8 heteroatoms. The molecule has 0 spiro atoms. The van der Waals surface area contributed by atoms with Crippen molar-refractivity contribution >= 4 is 27.0 Å². The maximum absolute atomic E-state index is 12.9. The van der Waals surface area contributed by atoms with E-state index in [0.717, 1.165) is 23.9 Å². The van der Waals surface area contributed by atoms with E-state index in [1.165, 1.54) is 18.2 Å². The zero-order chi connectivity index (χ0) is 21.1. The van der Waals surface area contributed by atoms with Crippen LogP contribution in [-0.2, 0) is 10.0 Å². The van der Waals surface area contributed by atoms with Gasteiger partial charge in [0.2, 0.25) is 10.0 Å². The normalized spacial score (nSPS) is 15.4. The van der Waals surface area contributed by atoms with Gasteiger partial charge in [0, 0.05) is 31.1 Å². The molecule has 0 aliphatic carbocycles. The van der Waals surface area contributed by atoms with Gasteiger partial charge in [0.05, 0.1) is 4.90 Å². The second-order valence-corrected chi connectivity index (χ2v) is 9.02. The number of amides is 1. The Kier molecular flexibility index (Phi) is 5.69. The van der Waals surface area contributed by atoms with E-state index in [1.807, 2.05) is 24.3 Å². The van der Waals surface area contributed by atoms with Gasteiger partial charge in [-0.3, -0.25) is 4.79 Å². The number of benzene rings is 2. The highest BCUT2D eigenvalue weighted by atomic mass is 32.2. The minimum Gasteiger partial charge on any atom is -0.440 e. The summed E-state index contributed by atoms with van der Waals surface area (Å²) in [6.45, 7) is 4.76. The van der Waals surface area contributed by atoms with Crippen LogP contribution in [0.5, 0.6) is 0 Å². The number of carbonyl (C=O) groups excluding carboxylic acids is 1. The van der Waals surface area contributed by atoms with Crippen LogP contribution in [-0.4, -0.2) is 43.8 Å². The lowest BCUT2D eigenvalue weighted by Gasteiger charge is -2.30. The lowest BCUT2D eigenvalue weighted by molar-refractivity contribution is 0.0706. The molecule has 1 saturated heterocycles. The van der Waals surface area contributed by atoms with Crippen LogP contribution in [0.4, 0.5) is 0 Å². The topological polar surface area (TPSA) is 92.5 Å². The van der Waals surface area contributed by atoms with Crippen LogP contribution in [0, 0.1) is 0 Å². The summed E-state index contributed by atoms with van der Waals surface area (Å²) in [5.41, 5.74) is 1.97. The zero-order valence-corrected chi connectivity index (χ0v) is 17.3. The molecule has 0 bridgehead atoms. The fourth-order valence-electron chi connectivity index (χ4n) is 3.63. The number of carbonyl (C=O) groups is 1. The van der Waals surface area contributed by atoms with Gasteiger partial charge in [0.1, 0.15) is 5.52 Å². The third-order valence-corrected chi connectivity index (χ3v) is 6.67. The van der Waals surface area contributed by atoms with E-state index in [4.69, 9.17) is 4.42 Å². The molecule has 0 unspecified atom stereocenters. The first-order valence-corrected chi connectivity index (χ1v) is 11.3. The molecular formula is C22H23N3O4S. The first-order valence-electron chi connectivity index (χ1n) is 9.83. The molecular weight excluding hydrogens is 402 g/mol. The average molecular weight is 426 g/mol. The molecule has 3 aromatic rings. The summed E-state index contributed by atoms with van der Waals surface area (Å²) in [4.78, 5) is 19.3. The number of hydrogen-bond donors (Lipinski definition) is 1. The molecule has 1 aliphatic heterocycles. The quantitative estimate of drug-likeness (QED) is 0.612. The smallest absolute Gasteiger partial charge is 0.253 e. The molecule has 0 atom stereocenters. The molecule has 2 aromatic carbocycles. The number of nitrogens with one attached hydrogen (secondary N) is 1. The first-order chi connectivity index (χ1) is 14.5. The zero-order valence-electron chi connectivity index (χ0n) is 16.5. The molecule has 30 heavy (non-hydrogen) atoms. The SMILES string of the molecule is C=CCNS(=O)(=O)c1cccc(C(=O)N2CCC(c3nc4ccccc4o3)CC2)c1. The maximum atomic E-state index is 12.9. The summed E-state index contributed by atoms with van der Waals surface area (Å²) in [5, 5.41) is 0. The third-order valence-electron chi connectivity index (χ3n) is 5.25. The Hall–Kier alpha value is -2.97. The number of sulfonamides is 1. The summed E-state index contributed by atoms with van der Waals surface area (Å²) in [6.07, 6.45) is 2.96. The Morgan fingerprint density at radius 3 is 2.70 bits per heavy atom. The molecule has 1 aromatic heterocycles. The molecule has 156 valence electrons. The van der Waals surface area contributed by atoms with Crippen molar-refractivity contribution in [2.75, 3.05) is 19.6 Å². The van der Waals surface area contributed by atoms with Gasteiger partial charge in [-0.15, -0.1) is 6.58 Å². The highest BCUT2D eigenvalue weighted by molar-refractivity contribution is 7.89. The number of oxazole rings is 1. The van der Waals surface area contributed by atoms with Gasteiger partial charge < -0.3 is 9.32 Å². The first kappa shape index (κ1) is 20.3. The van der Waals surface area contributed by atoms with Gasteiger partial charge in [-0.05, 0) is 43.2 Å². The average Bonchev–Trinajstić information content (AvgIpc) is 3.22. The molecule has 1 fully saturated rings. The van der Waals surface area contributed by atoms with E-state index in [-0.39, 0.29) is 23.3 Å². The number of hydrogen-bond acceptors (Lipinski definition) is 5. The fourth-order valence-corrected chi connectivity index (χ4v) is 4.67. The van der Waals surface area contributed by atoms with Crippen LogP contribution < -0.4 is 4.72 Å². The van der Waals surface area contributed by atoms with E-state index < -0.39 is 10.0 Å². The van der Waals surface area contributed by atoms with Gasteiger partial charge in [-0.1, -0.05) is 24.3 Å². The van der Waals surface area contributed by atoms with Crippen LogP contribution in [0.3, 0.4) is 0 Å². The van der Waals surface area contributed by atoms with E-state index in [9.17, 15) is 13.2 Å². The van der Waals surface area contributed by atoms with Crippen LogP contribution in [0.15, 0.2) is 70.5 Å². The predicted octanol–water partition coefficient (Wildman–Crippen LogP) is 3.31. The summed E-state index contributed by atoms with van der Waals surface area (Å²) in [5.74, 6) is 0.702. The minimum atomic E-state index is -3.68. The van der Waals surface area contributed by atoms with E-state index in [2.05, 4.69) is 16.3 Å². The molecule has 0 saturated carbocycles. The molecule has 2 heterocycles. The largest absolute Gasteiger partial charge is 0.440 e. The lowest BCUT2D eigenvalue weighted by Crippen LogP contribution is -2.38. The predicted molar refractivity (Wildman–Crippen MR) is 114 cm³/mol. The number of nitrogens with zero attached hydrogens (tertiary/aromatic N) is 2. The monoisotopic (exact) mass is 425 g/mol. The maximum Gasteiger partial charge on any atom is 0.253 e. The fraction of sp³-hybridized carbons (Fsp3) is 0.273. The summed E-state index contributed by atoms with van der Waals surface area (Å²) >= 11 is 0. The van der Waals surface area contributed by atoms with Crippen LogP contribution in [0.25, 0.3) is 11.1 Å². The number of aromatic nitrogens is 1. The van der Waals surface area contributed by atoms with Crippen molar-refractivity contribution in [1.82, 2.24) is 14.6 Å². The van der Waals surface area contributed by atoms with Crippen LogP contribution in [0.2, 0.25) is 0 Å². The van der Waals surface area contributed by atoms with Crippen molar-refractivity contribution in [3.63, 3.8) is 0 Å².